The fraction of sp³-hybridized carbons (Fsp3) is 0.0435. The molecule has 4 rings (SSSR count). The highest BCUT2D eigenvalue weighted by Crippen LogP contribution is 2.36. The summed E-state index contributed by atoms with van der Waals surface area (Å²) in [5.74, 6) is -0.235. The molecule has 162 valence electrons. The van der Waals surface area contributed by atoms with E-state index in [2.05, 4.69) is 5.32 Å². The minimum atomic E-state index is -0.583. The number of carbonyl (C=O) groups excluding carboxylic acids is 2. The highest BCUT2D eigenvalue weighted by Gasteiger charge is 2.35. The summed E-state index contributed by atoms with van der Waals surface area (Å²) in [4.78, 5) is 26.1. The average molecular weight is 508 g/mol. The first-order chi connectivity index (χ1) is 15.3. The number of anilines is 1. The molecular formula is C23H14Cl4N2O3. The van der Waals surface area contributed by atoms with Crippen molar-refractivity contribution in [2.75, 3.05) is 4.90 Å². The SMILES string of the molecule is O=C1N/C(=C/c2cc(Cl)c(OCc3ccccc3Cl)c(Cl)c2)C(=O)N1c1cccc(Cl)c1. The van der Waals surface area contributed by atoms with Gasteiger partial charge in [-0.05, 0) is 48.0 Å². The number of nitrogens with zero attached hydrogens (tertiary/aromatic N) is 1. The monoisotopic (exact) mass is 506 g/mol. The molecule has 1 N–H and O–H groups in total. The van der Waals surface area contributed by atoms with Gasteiger partial charge in [-0.15, -0.1) is 0 Å². The lowest BCUT2D eigenvalue weighted by atomic mass is 10.1. The Hall–Kier alpha value is -2.70. The van der Waals surface area contributed by atoms with Crippen LogP contribution in [-0.4, -0.2) is 11.9 Å². The zero-order valence-corrected chi connectivity index (χ0v) is 19.3. The van der Waals surface area contributed by atoms with Crippen molar-refractivity contribution in [1.82, 2.24) is 5.32 Å². The molecule has 0 unspecified atom stereocenters. The predicted molar refractivity (Wildman–Crippen MR) is 128 cm³/mol. The molecule has 5 nitrogen and oxygen atoms in total. The molecule has 1 aliphatic heterocycles. The number of urea groups is 1. The fourth-order valence-electron chi connectivity index (χ4n) is 3.12. The third kappa shape index (κ3) is 4.71. The zero-order chi connectivity index (χ0) is 22.8. The van der Waals surface area contributed by atoms with Gasteiger partial charge in [0, 0.05) is 15.6 Å². The van der Waals surface area contributed by atoms with E-state index in [0.717, 1.165) is 10.5 Å². The van der Waals surface area contributed by atoms with Crippen molar-refractivity contribution in [3.63, 3.8) is 0 Å². The normalized spacial score (nSPS) is 14.8. The van der Waals surface area contributed by atoms with Crippen LogP contribution in [0.2, 0.25) is 20.1 Å². The van der Waals surface area contributed by atoms with E-state index in [0.29, 0.717) is 21.3 Å². The molecule has 1 aliphatic rings. The van der Waals surface area contributed by atoms with Crippen molar-refractivity contribution in [3.05, 3.63) is 97.6 Å². The lowest BCUT2D eigenvalue weighted by Crippen LogP contribution is -2.30. The first-order valence-corrected chi connectivity index (χ1v) is 10.8. The molecule has 0 saturated carbocycles. The molecule has 0 spiro atoms. The van der Waals surface area contributed by atoms with Crippen LogP contribution in [0.5, 0.6) is 5.75 Å². The Morgan fingerprint density at radius 1 is 0.875 bits per heavy atom. The number of hydrogen-bond acceptors (Lipinski definition) is 3. The van der Waals surface area contributed by atoms with Crippen LogP contribution >= 0.6 is 46.4 Å². The van der Waals surface area contributed by atoms with Crippen molar-refractivity contribution in [3.8, 4) is 5.75 Å². The van der Waals surface area contributed by atoms with E-state index in [1.165, 1.54) is 12.1 Å². The van der Waals surface area contributed by atoms with Crippen LogP contribution in [0.3, 0.4) is 0 Å². The number of hydrogen-bond donors (Lipinski definition) is 1. The summed E-state index contributed by atoms with van der Waals surface area (Å²) < 4.78 is 5.76. The van der Waals surface area contributed by atoms with E-state index in [1.54, 1.807) is 36.4 Å². The molecule has 9 heteroatoms. The van der Waals surface area contributed by atoms with Crippen molar-refractivity contribution in [1.29, 1.82) is 0 Å². The molecule has 0 bridgehead atoms. The second-order valence-corrected chi connectivity index (χ2v) is 8.46. The molecule has 1 fully saturated rings. The van der Waals surface area contributed by atoms with Gasteiger partial charge in [0.25, 0.3) is 5.91 Å². The number of imide groups is 1. The minimum absolute atomic E-state index is 0.0758. The summed E-state index contributed by atoms with van der Waals surface area (Å²) in [5.41, 5.74) is 1.74. The molecule has 0 aromatic heterocycles. The summed E-state index contributed by atoms with van der Waals surface area (Å²) in [7, 11) is 0. The topological polar surface area (TPSA) is 58.6 Å². The van der Waals surface area contributed by atoms with E-state index in [4.69, 9.17) is 51.1 Å². The van der Waals surface area contributed by atoms with E-state index in [-0.39, 0.29) is 28.1 Å². The Balaban J connectivity index is 1.56. The number of amides is 3. The standard InChI is InChI=1S/C23H14Cl4N2O3/c24-15-5-3-6-16(11-15)29-22(30)20(28-23(29)31)10-13-8-18(26)21(19(27)9-13)32-12-14-4-1-2-7-17(14)25/h1-11H,12H2,(H,28,31)/b20-10+. The third-order valence-electron chi connectivity index (χ3n) is 4.61. The zero-order valence-electron chi connectivity index (χ0n) is 16.2. The van der Waals surface area contributed by atoms with Gasteiger partial charge in [-0.1, -0.05) is 70.7 Å². The third-order valence-corrected chi connectivity index (χ3v) is 5.77. The summed E-state index contributed by atoms with van der Waals surface area (Å²) in [6, 6.07) is 16.3. The van der Waals surface area contributed by atoms with Gasteiger partial charge >= 0.3 is 6.03 Å². The smallest absolute Gasteiger partial charge is 0.333 e. The van der Waals surface area contributed by atoms with Gasteiger partial charge in [0.15, 0.2) is 5.75 Å². The molecule has 3 amide bonds. The number of nitrogens with one attached hydrogen (secondary N) is 1. The van der Waals surface area contributed by atoms with Crippen LogP contribution in [0.4, 0.5) is 10.5 Å². The number of halogens is 4. The number of rotatable bonds is 5. The summed E-state index contributed by atoms with van der Waals surface area (Å²) in [5, 5.41) is 4.03. The molecule has 3 aromatic rings. The van der Waals surface area contributed by atoms with E-state index < -0.39 is 11.9 Å². The molecule has 0 radical (unpaired) electrons. The van der Waals surface area contributed by atoms with Crippen LogP contribution < -0.4 is 15.0 Å². The van der Waals surface area contributed by atoms with Crippen LogP contribution in [0.1, 0.15) is 11.1 Å². The van der Waals surface area contributed by atoms with Gasteiger partial charge in [-0.25, -0.2) is 9.69 Å². The van der Waals surface area contributed by atoms with E-state index in [9.17, 15) is 9.59 Å². The van der Waals surface area contributed by atoms with Crippen LogP contribution in [0, 0.1) is 0 Å². The molecule has 0 atom stereocenters. The number of carbonyl (C=O) groups is 2. The maximum atomic E-state index is 12.8. The van der Waals surface area contributed by atoms with Crippen molar-refractivity contribution in [2.24, 2.45) is 0 Å². The average Bonchev–Trinajstić information content (AvgIpc) is 3.01. The Morgan fingerprint density at radius 2 is 1.59 bits per heavy atom. The Labute approximate surface area is 204 Å². The predicted octanol–water partition coefficient (Wildman–Crippen LogP) is 6.98. The Kier molecular flexibility index (Phi) is 6.63. The highest BCUT2D eigenvalue weighted by atomic mass is 35.5. The summed E-state index contributed by atoms with van der Waals surface area (Å²) in [6.07, 6.45) is 1.49. The molecule has 1 saturated heterocycles. The fourth-order valence-corrected chi connectivity index (χ4v) is 4.11. The number of benzene rings is 3. The second-order valence-electron chi connectivity index (χ2n) is 6.80. The molecule has 3 aromatic carbocycles. The van der Waals surface area contributed by atoms with Crippen molar-refractivity contribution in [2.45, 2.75) is 6.61 Å². The summed E-state index contributed by atoms with van der Waals surface area (Å²) in [6.45, 7) is 0.183. The van der Waals surface area contributed by atoms with Gasteiger partial charge in [-0.3, -0.25) is 4.79 Å². The van der Waals surface area contributed by atoms with Crippen molar-refractivity contribution >= 4 is 70.1 Å². The minimum Gasteiger partial charge on any atom is -0.486 e. The lowest BCUT2D eigenvalue weighted by Gasteiger charge is -2.12. The summed E-state index contributed by atoms with van der Waals surface area (Å²) >= 11 is 24.9. The maximum absolute atomic E-state index is 12.8. The first kappa shape index (κ1) is 22.5. The number of ether oxygens (including phenoxy) is 1. The largest absolute Gasteiger partial charge is 0.486 e. The van der Waals surface area contributed by atoms with Gasteiger partial charge in [-0.2, -0.15) is 0 Å². The van der Waals surface area contributed by atoms with Crippen LogP contribution in [-0.2, 0) is 11.4 Å². The second kappa shape index (κ2) is 9.43. The molecular weight excluding hydrogens is 494 g/mol. The molecule has 1 heterocycles. The van der Waals surface area contributed by atoms with Gasteiger partial charge in [0.05, 0.1) is 15.7 Å². The van der Waals surface area contributed by atoms with Gasteiger partial charge < -0.3 is 10.1 Å². The first-order valence-electron chi connectivity index (χ1n) is 9.31. The Morgan fingerprint density at radius 3 is 2.28 bits per heavy atom. The maximum Gasteiger partial charge on any atom is 0.333 e. The Bertz CT molecular complexity index is 1240. The van der Waals surface area contributed by atoms with Crippen molar-refractivity contribution < 1.29 is 14.3 Å². The molecule has 0 aliphatic carbocycles. The quantitative estimate of drug-likeness (QED) is 0.299. The van der Waals surface area contributed by atoms with Gasteiger partial charge in [0.1, 0.15) is 12.3 Å². The van der Waals surface area contributed by atoms with Crippen LogP contribution in [0.25, 0.3) is 6.08 Å². The van der Waals surface area contributed by atoms with E-state index >= 15 is 0 Å². The van der Waals surface area contributed by atoms with Crippen LogP contribution in [0.15, 0.2) is 66.4 Å². The lowest BCUT2D eigenvalue weighted by molar-refractivity contribution is -0.113. The molecule has 32 heavy (non-hydrogen) atoms. The van der Waals surface area contributed by atoms with Gasteiger partial charge in [0.2, 0.25) is 0 Å². The van der Waals surface area contributed by atoms with E-state index in [1.807, 2.05) is 18.2 Å². The highest BCUT2D eigenvalue weighted by molar-refractivity contribution is 6.37.